The summed E-state index contributed by atoms with van der Waals surface area (Å²) in [5, 5.41) is 4.53. The van der Waals surface area contributed by atoms with Crippen molar-refractivity contribution >= 4 is 27.0 Å². The Morgan fingerprint density at radius 2 is 2.26 bits per heavy atom. The van der Waals surface area contributed by atoms with Crippen LogP contribution in [0, 0.1) is 6.92 Å². The largest absolute Gasteiger partial charge is 0.337 e. The van der Waals surface area contributed by atoms with Gasteiger partial charge in [0.1, 0.15) is 0 Å². The van der Waals surface area contributed by atoms with E-state index in [0.29, 0.717) is 35.4 Å². The molecule has 0 saturated carbocycles. The molecule has 0 bridgehead atoms. The van der Waals surface area contributed by atoms with Gasteiger partial charge in [0.25, 0.3) is 11.6 Å². The molecule has 1 saturated heterocycles. The predicted octanol–water partition coefficient (Wildman–Crippen LogP) is 0.685. The second kappa shape index (κ2) is 5.89. The summed E-state index contributed by atoms with van der Waals surface area (Å²) in [5.41, 5.74) is 1.52. The van der Waals surface area contributed by atoms with Crippen LogP contribution in [0.25, 0.3) is 11.1 Å². The van der Waals surface area contributed by atoms with Crippen LogP contribution >= 0.6 is 0 Å². The van der Waals surface area contributed by atoms with Crippen molar-refractivity contribution < 1.29 is 17.7 Å². The molecule has 0 aromatic carbocycles. The van der Waals surface area contributed by atoms with Crippen molar-refractivity contribution in [1.82, 2.24) is 19.8 Å². The van der Waals surface area contributed by atoms with Crippen LogP contribution in [0.1, 0.15) is 28.9 Å². The van der Waals surface area contributed by atoms with Gasteiger partial charge in [-0.05, 0) is 25.8 Å². The lowest BCUT2D eigenvalue weighted by molar-refractivity contribution is 0.0703. The number of hydrogen-bond donors (Lipinski definition) is 1. The third kappa shape index (κ3) is 3.50. The van der Waals surface area contributed by atoms with Gasteiger partial charge in [-0.1, -0.05) is 5.16 Å². The van der Waals surface area contributed by atoms with E-state index >= 15 is 0 Å². The summed E-state index contributed by atoms with van der Waals surface area (Å²) in [6.45, 7) is 2.74. The lowest BCUT2D eigenvalue weighted by Gasteiger charge is -2.32. The standard InChI is InChI=1S/C14H18N4O4S/c1-9-12-6-10(7-15-13(12)22-16-9)14(19)18-5-3-4-11(8-18)17-23(2,20)21/h6-7,11,17H,3-5,8H2,1-2H3/t11-/m1/s1. The molecule has 124 valence electrons. The van der Waals surface area contributed by atoms with Gasteiger partial charge in [-0.15, -0.1) is 0 Å². The number of piperidine rings is 1. The summed E-state index contributed by atoms with van der Waals surface area (Å²) in [6, 6.07) is 1.46. The van der Waals surface area contributed by atoms with E-state index in [1.54, 1.807) is 17.9 Å². The molecule has 0 radical (unpaired) electrons. The Bertz CT molecular complexity index is 846. The maximum absolute atomic E-state index is 12.6. The van der Waals surface area contributed by atoms with Crippen LogP contribution in [0.15, 0.2) is 16.8 Å². The zero-order chi connectivity index (χ0) is 16.6. The summed E-state index contributed by atoms with van der Waals surface area (Å²) in [5.74, 6) is -0.167. The molecule has 0 unspecified atom stereocenters. The molecule has 3 heterocycles. The van der Waals surface area contributed by atoms with Gasteiger partial charge in [0.05, 0.1) is 22.9 Å². The van der Waals surface area contributed by atoms with Gasteiger partial charge in [-0.2, -0.15) is 0 Å². The highest BCUT2D eigenvalue weighted by Gasteiger charge is 2.26. The number of sulfonamides is 1. The Morgan fingerprint density at radius 3 is 3.00 bits per heavy atom. The minimum atomic E-state index is -3.29. The number of likely N-dealkylation sites (tertiary alicyclic amines) is 1. The molecule has 3 rings (SSSR count). The summed E-state index contributed by atoms with van der Waals surface area (Å²) < 4.78 is 30.3. The highest BCUT2D eigenvalue weighted by atomic mass is 32.2. The summed E-state index contributed by atoms with van der Waals surface area (Å²) >= 11 is 0. The van der Waals surface area contributed by atoms with Gasteiger partial charge in [-0.25, -0.2) is 18.1 Å². The molecule has 2 aromatic rings. The number of pyridine rings is 1. The van der Waals surface area contributed by atoms with Gasteiger partial charge in [0.15, 0.2) is 0 Å². The fraction of sp³-hybridized carbons (Fsp3) is 0.500. The number of carbonyl (C=O) groups excluding carboxylic acids is 1. The number of nitrogens with zero attached hydrogens (tertiary/aromatic N) is 3. The molecular weight excluding hydrogens is 320 g/mol. The van der Waals surface area contributed by atoms with E-state index in [0.717, 1.165) is 19.1 Å². The fourth-order valence-corrected chi connectivity index (χ4v) is 3.60. The van der Waals surface area contributed by atoms with Gasteiger partial charge < -0.3 is 9.42 Å². The Kier molecular flexibility index (Phi) is 4.07. The highest BCUT2D eigenvalue weighted by molar-refractivity contribution is 7.88. The number of aryl methyl sites for hydroxylation is 1. The van der Waals surface area contributed by atoms with Crippen molar-refractivity contribution in [2.45, 2.75) is 25.8 Å². The van der Waals surface area contributed by atoms with E-state index in [-0.39, 0.29) is 11.9 Å². The molecular formula is C14H18N4O4S. The molecule has 1 fully saturated rings. The average molecular weight is 338 g/mol. The van der Waals surface area contributed by atoms with Gasteiger partial charge in [0.2, 0.25) is 10.0 Å². The van der Waals surface area contributed by atoms with Crippen LogP contribution in [-0.2, 0) is 10.0 Å². The predicted molar refractivity (Wildman–Crippen MR) is 83.4 cm³/mol. The molecule has 1 amide bonds. The summed E-state index contributed by atoms with van der Waals surface area (Å²) in [4.78, 5) is 18.4. The number of rotatable bonds is 3. The van der Waals surface area contributed by atoms with Crippen molar-refractivity contribution in [2.75, 3.05) is 19.3 Å². The molecule has 9 heteroatoms. The number of fused-ring (bicyclic) bond motifs is 1. The first-order valence-corrected chi connectivity index (χ1v) is 9.21. The van der Waals surface area contributed by atoms with Crippen LogP contribution < -0.4 is 4.72 Å². The second-order valence-electron chi connectivity index (χ2n) is 5.83. The van der Waals surface area contributed by atoms with Crippen molar-refractivity contribution in [1.29, 1.82) is 0 Å². The van der Waals surface area contributed by atoms with Crippen molar-refractivity contribution in [3.8, 4) is 0 Å². The minimum absolute atomic E-state index is 0.167. The molecule has 1 aliphatic rings. The number of aromatic nitrogens is 2. The van der Waals surface area contributed by atoms with Crippen LogP contribution in [0.2, 0.25) is 0 Å². The third-order valence-electron chi connectivity index (χ3n) is 3.85. The number of carbonyl (C=O) groups is 1. The average Bonchev–Trinajstić information content (AvgIpc) is 2.86. The number of nitrogens with one attached hydrogen (secondary N) is 1. The zero-order valence-corrected chi connectivity index (χ0v) is 13.8. The fourth-order valence-electron chi connectivity index (χ4n) is 2.81. The molecule has 1 N–H and O–H groups in total. The van der Waals surface area contributed by atoms with Crippen LogP contribution in [0.5, 0.6) is 0 Å². The van der Waals surface area contributed by atoms with E-state index < -0.39 is 10.0 Å². The van der Waals surface area contributed by atoms with Crippen LogP contribution in [-0.4, -0.2) is 54.8 Å². The van der Waals surface area contributed by atoms with Crippen molar-refractivity contribution in [2.24, 2.45) is 0 Å². The summed E-state index contributed by atoms with van der Waals surface area (Å²) in [6.07, 6.45) is 4.06. The normalized spacial score (nSPS) is 19.2. The quantitative estimate of drug-likeness (QED) is 0.882. The highest BCUT2D eigenvalue weighted by Crippen LogP contribution is 2.19. The molecule has 23 heavy (non-hydrogen) atoms. The van der Waals surface area contributed by atoms with Gasteiger partial charge in [-0.3, -0.25) is 4.79 Å². The Morgan fingerprint density at radius 1 is 1.48 bits per heavy atom. The summed E-state index contributed by atoms with van der Waals surface area (Å²) in [7, 11) is -3.29. The smallest absolute Gasteiger partial charge is 0.257 e. The van der Waals surface area contributed by atoms with E-state index in [4.69, 9.17) is 4.52 Å². The first kappa shape index (κ1) is 15.9. The van der Waals surface area contributed by atoms with Crippen molar-refractivity contribution in [3.63, 3.8) is 0 Å². The van der Waals surface area contributed by atoms with E-state index in [1.165, 1.54) is 6.20 Å². The molecule has 0 aliphatic carbocycles. The van der Waals surface area contributed by atoms with E-state index in [1.807, 2.05) is 0 Å². The number of hydrogen-bond acceptors (Lipinski definition) is 6. The first-order valence-electron chi connectivity index (χ1n) is 7.32. The van der Waals surface area contributed by atoms with E-state index in [9.17, 15) is 13.2 Å². The Hall–Kier alpha value is -2.00. The lowest BCUT2D eigenvalue weighted by atomic mass is 10.1. The van der Waals surface area contributed by atoms with E-state index in [2.05, 4.69) is 14.9 Å². The molecule has 8 nitrogen and oxygen atoms in total. The van der Waals surface area contributed by atoms with Gasteiger partial charge in [0, 0.05) is 25.3 Å². The van der Waals surface area contributed by atoms with Crippen molar-refractivity contribution in [3.05, 3.63) is 23.5 Å². The number of amides is 1. The zero-order valence-electron chi connectivity index (χ0n) is 12.9. The molecule has 2 aromatic heterocycles. The Balaban J connectivity index is 1.79. The SMILES string of the molecule is Cc1noc2ncc(C(=O)N3CCC[C@@H](NS(C)(=O)=O)C3)cc12. The monoisotopic (exact) mass is 338 g/mol. The maximum atomic E-state index is 12.6. The van der Waals surface area contributed by atoms with Crippen LogP contribution in [0.3, 0.4) is 0 Å². The topological polar surface area (TPSA) is 105 Å². The molecule has 0 spiro atoms. The minimum Gasteiger partial charge on any atom is -0.337 e. The first-order chi connectivity index (χ1) is 10.8. The third-order valence-corrected chi connectivity index (χ3v) is 4.61. The van der Waals surface area contributed by atoms with Crippen LogP contribution in [0.4, 0.5) is 0 Å². The van der Waals surface area contributed by atoms with Gasteiger partial charge >= 0.3 is 0 Å². The molecule has 1 aliphatic heterocycles. The Labute approximate surface area is 133 Å². The molecule has 1 atom stereocenters. The lowest BCUT2D eigenvalue weighted by Crippen LogP contribution is -2.49. The maximum Gasteiger partial charge on any atom is 0.257 e. The second-order valence-corrected chi connectivity index (χ2v) is 7.61.